The Hall–Kier alpha value is -2.55. The quantitative estimate of drug-likeness (QED) is 0.848. The van der Waals surface area contributed by atoms with Gasteiger partial charge in [-0.15, -0.1) is 0 Å². The largest absolute Gasteiger partial charge is 0.417 e. The van der Waals surface area contributed by atoms with Crippen LogP contribution < -0.4 is 5.56 Å². The summed E-state index contributed by atoms with van der Waals surface area (Å²) in [5.74, 6) is 0. The fraction of sp³-hybridized carbons (Fsp3) is 0.143. The third kappa shape index (κ3) is 3.06. The number of rotatable bonds is 2. The molecule has 0 unspecified atom stereocenters. The molecule has 2 rings (SSSR count). The van der Waals surface area contributed by atoms with Crippen molar-refractivity contribution in [2.24, 2.45) is 0 Å². The number of hydrogen-bond acceptors (Lipinski definition) is 2. The minimum atomic E-state index is -4.49. The Morgan fingerprint density at radius 3 is 2.30 bits per heavy atom. The minimum absolute atomic E-state index is 0.0223. The molecule has 0 aliphatic heterocycles. The fourth-order valence-corrected chi connectivity index (χ4v) is 1.70. The number of aromatic nitrogens is 1. The summed E-state index contributed by atoms with van der Waals surface area (Å²) in [5, 5.41) is 8.66. The summed E-state index contributed by atoms with van der Waals surface area (Å²) >= 11 is 0. The molecule has 0 spiro atoms. The van der Waals surface area contributed by atoms with Crippen molar-refractivity contribution in [2.45, 2.75) is 12.7 Å². The van der Waals surface area contributed by atoms with Crippen molar-refractivity contribution in [3.63, 3.8) is 0 Å². The molecule has 0 fully saturated rings. The number of hydrogen-bond donors (Lipinski definition) is 0. The molecule has 0 N–H and O–H groups in total. The normalized spacial score (nSPS) is 11.1. The predicted molar refractivity (Wildman–Crippen MR) is 66.0 cm³/mol. The molecule has 1 heterocycles. The van der Waals surface area contributed by atoms with Crippen molar-refractivity contribution >= 4 is 0 Å². The van der Waals surface area contributed by atoms with Gasteiger partial charge >= 0.3 is 6.18 Å². The van der Waals surface area contributed by atoms with Gasteiger partial charge in [0.25, 0.3) is 5.56 Å². The van der Waals surface area contributed by atoms with Gasteiger partial charge in [-0.2, -0.15) is 18.4 Å². The molecule has 0 amide bonds. The van der Waals surface area contributed by atoms with E-state index in [1.54, 1.807) is 24.3 Å². The van der Waals surface area contributed by atoms with E-state index in [2.05, 4.69) is 0 Å². The molecule has 0 atom stereocenters. The second kappa shape index (κ2) is 5.21. The Bertz CT molecular complexity index is 709. The Balaban J connectivity index is 2.33. The van der Waals surface area contributed by atoms with Crippen molar-refractivity contribution in [2.75, 3.05) is 0 Å². The Kier molecular flexibility index (Phi) is 3.61. The van der Waals surface area contributed by atoms with Crippen LogP contribution in [0.15, 0.2) is 47.4 Å². The summed E-state index contributed by atoms with van der Waals surface area (Å²) in [4.78, 5) is 11.6. The first kappa shape index (κ1) is 13.9. The molecule has 0 saturated carbocycles. The number of pyridine rings is 1. The second-order valence-electron chi connectivity index (χ2n) is 4.19. The topological polar surface area (TPSA) is 45.8 Å². The maximum absolute atomic E-state index is 12.6. The molecule has 3 nitrogen and oxygen atoms in total. The number of nitriles is 1. The van der Waals surface area contributed by atoms with E-state index in [0.29, 0.717) is 11.1 Å². The van der Waals surface area contributed by atoms with E-state index in [0.717, 1.165) is 22.9 Å². The van der Waals surface area contributed by atoms with Crippen LogP contribution in [-0.4, -0.2) is 4.57 Å². The lowest BCUT2D eigenvalue weighted by Gasteiger charge is -2.10. The predicted octanol–water partition coefficient (Wildman–Crippen LogP) is 2.79. The van der Waals surface area contributed by atoms with Crippen molar-refractivity contribution in [3.05, 3.63) is 69.6 Å². The third-order valence-corrected chi connectivity index (χ3v) is 2.75. The standard InChI is InChI=1S/C14H9F3N2O/c15-14(16,17)12-5-6-13(20)19(9-12)8-11-3-1-10(7-18)2-4-11/h1-6,9H,8H2. The second-order valence-corrected chi connectivity index (χ2v) is 4.19. The first-order chi connectivity index (χ1) is 9.40. The monoisotopic (exact) mass is 278 g/mol. The molecule has 1 aromatic heterocycles. The van der Waals surface area contributed by atoms with Gasteiger partial charge in [0.2, 0.25) is 0 Å². The molecule has 102 valence electrons. The van der Waals surface area contributed by atoms with E-state index >= 15 is 0 Å². The minimum Gasteiger partial charge on any atom is -0.311 e. The highest BCUT2D eigenvalue weighted by atomic mass is 19.4. The molecular formula is C14H9F3N2O. The number of halogens is 3. The fourth-order valence-electron chi connectivity index (χ4n) is 1.70. The third-order valence-electron chi connectivity index (χ3n) is 2.75. The summed E-state index contributed by atoms with van der Waals surface area (Å²) in [6, 6.07) is 9.90. The highest BCUT2D eigenvalue weighted by molar-refractivity contribution is 5.31. The van der Waals surface area contributed by atoms with Crippen molar-refractivity contribution in [1.82, 2.24) is 4.57 Å². The Morgan fingerprint density at radius 1 is 1.10 bits per heavy atom. The zero-order chi connectivity index (χ0) is 14.8. The lowest BCUT2D eigenvalue weighted by molar-refractivity contribution is -0.138. The van der Waals surface area contributed by atoms with E-state index in [4.69, 9.17) is 5.26 Å². The lowest BCUT2D eigenvalue weighted by atomic mass is 10.1. The Labute approximate surface area is 112 Å². The summed E-state index contributed by atoms with van der Waals surface area (Å²) < 4.78 is 38.7. The molecule has 20 heavy (non-hydrogen) atoms. The SMILES string of the molecule is N#Cc1ccc(Cn2cc(C(F)(F)F)ccc2=O)cc1. The molecule has 2 aromatic rings. The first-order valence-corrected chi connectivity index (χ1v) is 5.67. The molecular weight excluding hydrogens is 269 g/mol. The van der Waals surface area contributed by atoms with E-state index in [1.165, 1.54) is 0 Å². The summed E-state index contributed by atoms with van der Waals surface area (Å²) in [6.45, 7) is 0.0223. The van der Waals surface area contributed by atoms with Crippen LogP contribution in [0, 0.1) is 11.3 Å². The van der Waals surface area contributed by atoms with Crippen LogP contribution in [0.2, 0.25) is 0 Å². The highest BCUT2D eigenvalue weighted by Crippen LogP contribution is 2.28. The summed E-state index contributed by atoms with van der Waals surface area (Å²) in [6.07, 6.45) is -3.69. The van der Waals surface area contributed by atoms with Gasteiger partial charge in [0.1, 0.15) is 0 Å². The molecule has 6 heteroatoms. The van der Waals surface area contributed by atoms with Crippen LogP contribution in [0.4, 0.5) is 13.2 Å². The molecule has 0 saturated heterocycles. The Morgan fingerprint density at radius 2 is 1.75 bits per heavy atom. The number of benzene rings is 1. The van der Waals surface area contributed by atoms with Gasteiger partial charge in [0, 0.05) is 12.3 Å². The van der Waals surface area contributed by atoms with Crippen LogP contribution in [0.5, 0.6) is 0 Å². The van der Waals surface area contributed by atoms with Crippen LogP contribution in [0.25, 0.3) is 0 Å². The van der Waals surface area contributed by atoms with Crippen LogP contribution in [0.1, 0.15) is 16.7 Å². The van der Waals surface area contributed by atoms with Gasteiger partial charge in [-0.05, 0) is 23.8 Å². The van der Waals surface area contributed by atoms with Crippen LogP contribution >= 0.6 is 0 Å². The van der Waals surface area contributed by atoms with Crippen molar-refractivity contribution in [3.8, 4) is 6.07 Å². The van der Waals surface area contributed by atoms with E-state index in [-0.39, 0.29) is 6.54 Å². The maximum Gasteiger partial charge on any atom is 0.417 e. The molecule has 1 aromatic carbocycles. The van der Waals surface area contributed by atoms with Crippen LogP contribution in [0.3, 0.4) is 0 Å². The maximum atomic E-state index is 12.6. The molecule has 0 radical (unpaired) electrons. The van der Waals surface area contributed by atoms with Gasteiger partial charge in [-0.25, -0.2) is 0 Å². The van der Waals surface area contributed by atoms with Gasteiger partial charge in [-0.1, -0.05) is 12.1 Å². The van der Waals surface area contributed by atoms with Gasteiger partial charge in [0.05, 0.1) is 23.7 Å². The average molecular weight is 278 g/mol. The van der Waals surface area contributed by atoms with Crippen molar-refractivity contribution in [1.29, 1.82) is 5.26 Å². The summed E-state index contributed by atoms with van der Waals surface area (Å²) in [7, 11) is 0. The number of alkyl halides is 3. The zero-order valence-corrected chi connectivity index (χ0v) is 10.2. The molecule has 0 aliphatic carbocycles. The number of nitrogens with zero attached hydrogens (tertiary/aromatic N) is 2. The van der Waals surface area contributed by atoms with Gasteiger partial charge < -0.3 is 4.57 Å². The molecule has 0 aliphatic rings. The van der Waals surface area contributed by atoms with Crippen LogP contribution in [-0.2, 0) is 12.7 Å². The lowest BCUT2D eigenvalue weighted by Crippen LogP contribution is -2.21. The highest BCUT2D eigenvalue weighted by Gasteiger charge is 2.30. The average Bonchev–Trinajstić information content (AvgIpc) is 2.41. The van der Waals surface area contributed by atoms with E-state index < -0.39 is 17.3 Å². The zero-order valence-electron chi connectivity index (χ0n) is 10.2. The van der Waals surface area contributed by atoms with Crippen molar-refractivity contribution < 1.29 is 13.2 Å². The molecule has 0 bridgehead atoms. The first-order valence-electron chi connectivity index (χ1n) is 5.67. The smallest absolute Gasteiger partial charge is 0.311 e. The van der Waals surface area contributed by atoms with E-state index in [9.17, 15) is 18.0 Å². The van der Waals surface area contributed by atoms with Gasteiger partial charge in [-0.3, -0.25) is 4.79 Å². The van der Waals surface area contributed by atoms with Gasteiger partial charge in [0.15, 0.2) is 0 Å². The van der Waals surface area contributed by atoms with E-state index in [1.807, 2.05) is 6.07 Å². The summed E-state index contributed by atoms with van der Waals surface area (Å²) in [5.41, 5.74) is -0.288.